The second kappa shape index (κ2) is 8.38. The highest BCUT2D eigenvalue weighted by molar-refractivity contribution is 8.00. The molecule has 0 aliphatic heterocycles. The van der Waals surface area contributed by atoms with Gasteiger partial charge in [0.05, 0.1) is 11.9 Å². The Balaban J connectivity index is 1.98. The molecule has 0 spiro atoms. The number of nitrogens with zero attached hydrogens (tertiary/aromatic N) is 1. The molecule has 0 saturated carbocycles. The van der Waals surface area contributed by atoms with Gasteiger partial charge in [-0.05, 0) is 25.5 Å². The van der Waals surface area contributed by atoms with Crippen LogP contribution in [0.3, 0.4) is 0 Å². The van der Waals surface area contributed by atoms with E-state index in [2.05, 4.69) is 15.5 Å². The predicted molar refractivity (Wildman–Crippen MR) is 89.6 cm³/mol. The van der Waals surface area contributed by atoms with E-state index in [1.54, 1.807) is 6.92 Å². The first-order chi connectivity index (χ1) is 11.1. The van der Waals surface area contributed by atoms with Gasteiger partial charge in [0.25, 0.3) is 0 Å². The van der Waals surface area contributed by atoms with Crippen LogP contribution in [0.5, 0.6) is 0 Å². The van der Waals surface area contributed by atoms with Crippen LogP contribution >= 0.6 is 11.8 Å². The zero-order valence-corrected chi connectivity index (χ0v) is 13.9. The highest BCUT2D eigenvalue weighted by atomic mass is 32.2. The molecule has 7 heteroatoms. The van der Waals surface area contributed by atoms with Crippen LogP contribution in [0, 0.1) is 0 Å². The van der Waals surface area contributed by atoms with Crippen molar-refractivity contribution in [1.29, 1.82) is 0 Å². The molecule has 0 bridgehead atoms. The fraction of sp³-hybridized carbons (Fsp3) is 0.312. The second-order valence-electron chi connectivity index (χ2n) is 4.70. The van der Waals surface area contributed by atoms with Gasteiger partial charge in [0.2, 0.25) is 5.91 Å². The summed E-state index contributed by atoms with van der Waals surface area (Å²) in [5.41, 5.74) is 0.214. The van der Waals surface area contributed by atoms with Crippen LogP contribution < -0.4 is 5.32 Å². The number of H-pyrrole nitrogens is 1. The van der Waals surface area contributed by atoms with Gasteiger partial charge in [-0.1, -0.05) is 25.1 Å². The molecule has 0 saturated heterocycles. The van der Waals surface area contributed by atoms with E-state index < -0.39 is 5.97 Å². The van der Waals surface area contributed by atoms with Gasteiger partial charge in [0.15, 0.2) is 5.82 Å². The quantitative estimate of drug-likeness (QED) is 0.601. The zero-order valence-electron chi connectivity index (χ0n) is 13.0. The average molecular weight is 333 g/mol. The van der Waals surface area contributed by atoms with Crippen molar-refractivity contribution in [2.75, 3.05) is 11.9 Å². The lowest BCUT2D eigenvalue weighted by Gasteiger charge is -2.13. The number of ether oxygens (including phenoxy) is 1. The summed E-state index contributed by atoms with van der Waals surface area (Å²) < 4.78 is 4.87. The van der Waals surface area contributed by atoms with Crippen LogP contribution in [-0.2, 0) is 9.53 Å². The third-order valence-electron chi connectivity index (χ3n) is 3.01. The number of carbonyl (C=O) groups is 2. The van der Waals surface area contributed by atoms with Gasteiger partial charge in [0.1, 0.15) is 5.69 Å². The maximum atomic E-state index is 12.4. The van der Waals surface area contributed by atoms with E-state index in [4.69, 9.17) is 4.74 Å². The topological polar surface area (TPSA) is 84.1 Å². The van der Waals surface area contributed by atoms with Crippen molar-refractivity contribution in [3.63, 3.8) is 0 Å². The van der Waals surface area contributed by atoms with Crippen molar-refractivity contribution in [2.45, 2.75) is 30.4 Å². The van der Waals surface area contributed by atoms with E-state index in [1.165, 1.54) is 17.8 Å². The van der Waals surface area contributed by atoms with Crippen molar-refractivity contribution in [3.05, 3.63) is 42.1 Å². The highest BCUT2D eigenvalue weighted by Gasteiger charge is 2.20. The summed E-state index contributed by atoms with van der Waals surface area (Å²) >= 11 is 1.50. The fourth-order valence-electron chi connectivity index (χ4n) is 1.89. The molecule has 0 fully saturated rings. The molecular formula is C16H19N3O3S. The first-order valence-electron chi connectivity index (χ1n) is 7.39. The van der Waals surface area contributed by atoms with Crippen molar-refractivity contribution in [3.8, 4) is 0 Å². The number of aromatic nitrogens is 2. The van der Waals surface area contributed by atoms with Crippen molar-refractivity contribution >= 4 is 29.5 Å². The predicted octanol–water partition coefficient (Wildman–Crippen LogP) is 3.10. The van der Waals surface area contributed by atoms with E-state index in [-0.39, 0.29) is 23.5 Å². The summed E-state index contributed by atoms with van der Waals surface area (Å²) in [6.07, 6.45) is 0.681. The number of anilines is 1. The fourth-order valence-corrected chi connectivity index (χ4v) is 2.87. The van der Waals surface area contributed by atoms with Gasteiger partial charge in [-0.25, -0.2) is 4.79 Å². The monoisotopic (exact) mass is 333 g/mol. The maximum absolute atomic E-state index is 12.4. The third kappa shape index (κ3) is 4.85. The summed E-state index contributed by atoms with van der Waals surface area (Å²) in [6.45, 7) is 3.96. The highest BCUT2D eigenvalue weighted by Crippen LogP contribution is 2.26. The van der Waals surface area contributed by atoms with Gasteiger partial charge < -0.3 is 10.1 Å². The molecule has 1 aromatic carbocycles. The molecule has 2 rings (SSSR count). The Kier molecular flexibility index (Phi) is 6.22. The molecule has 2 aromatic rings. The second-order valence-corrected chi connectivity index (χ2v) is 5.98. The maximum Gasteiger partial charge on any atom is 0.356 e. The molecule has 0 aliphatic carbocycles. The largest absolute Gasteiger partial charge is 0.461 e. The van der Waals surface area contributed by atoms with Crippen LogP contribution in [0.2, 0.25) is 0 Å². The Morgan fingerprint density at radius 3 is 2.70 bits per heavy atom. The lowest BCUT2D eigenvalue weighted by Crippen LogP contribution is -2.24. The summed E-state index contributed by atoms with van der Waals surface area (Å²) in [4.78, 5) is 24.9. The van der Waals surface area contributed by atoms with Gasteiger partial charge in [0, 0.05) is 11.0 Å². The summed E-state index contributed by atoms with van der Waals surface area (Å²) in [5, 5.41) is 8.96. The molecule has 1 aromatic heterocycles. The Morgan fingerprint density at radius 1 is 1.30 bits per heavy atom. The Morgan fingerprint density at radius 2 is 2.04 bits per heavy atom. The Bertz CT molecular complexity index is 658. The van der Waals surface area contributed by atoms with Gasteiger partial charge >= 0.3 is 5.97 Å². The first-order valence-corrected chi connectivity index (χ1v) is 8.27. The number of aromatic amines is 1. The standard InChI is InChI=1S/C16H19N3O3S/c1-3-13(23-11-8-6-5-7-9-11)15(20)17-14-10-12(18-19-14)16(21)22-4-2/h5-10,13H,3-4H2,1-2H3,(H2,17,18,19,20). The number of nitrogens with one attached hydrogen (secondary N) is 2. The molecule has 2 N–H and O–H groups in total. The molecule has 1 amide bonds. The molecule has 1 heterocycles. The minimum Gasteiger partial charge on any atom is -0.461 e. The number of carbonyl (C=O) groups excluding carboxylic acids is 2. The average Bonchev–Trinajstić information content (AvgIpc) is 3.02. The molecule has 6 nitrogen and oxygen atoms in total. The number of hydrogen-bond acceptors (Lipinski definition) is 5. The molecular weight excluding hydrogens is 314 g/mol. The van der Waals surface area contributed by atoms with Crippen LogP contribution in [0.15, 0.2) is 41.3 Å². The Labute approximate surface area is 139 Å². The minimum absolute atomic E-state index is 0.150. The normalized spacial score (nSPS) is 11.7. The molecule has 122 valence electrons. The summed E-state index contributed by atoms with van der Waals surface area (Å²) in [6, 6.07) is 11.2. The first kappa shape index (κ1) is 17.1. The van der Waals surface area contributed by atoms with E-state index in [0.29, 0.717) is 12.2 Å². The lowest BCUT2D eigenvalue weighted by atomic mass is 10.3. The number of rotatable bonds is 7. The van der Waals surface area contributed by atoms with E-state index in [1.807, 2.05) is 37.3 Å². The lowest BCUT2D eigenvalue weighted by molar-refractivity contribution is -0.115. The molecule has 23 heavy (non-hydrogen) atoms. The van der Waals surface area contributed by atoms with Crippen molar-refractivity contribution < 1.29 is 14.3 Å². The Hall–Kier alpha value is -2.28. The SMILES string of the molecule is CCOC(=O)c1cc(NC(=O)C(CC)Sc2ccccc2)n[nH]1. The summed E-state index contributed by atoms with van der Waals surface area (Å²) in [5.74, 6) is -0.334. The number of hydrogen-bond donors (Lipinski definition) is 2. The van der Waals surface area contributed by atoms with E-state index in [9.17, 15) is 9.59 Å². The van der Waals surface area contributed by atoms with E-state index >= 15 is 0 Å². The smallest absolute Gasteiger partial charge is 0.356 e. The number of esters is 1. The molecule has 1 unspecified atom stereocenters. The zero-order chi connectivity index (χ0) is 16.7. The minimum atomic E-state index is -0.494. The number of benzene rings is 1. The number of amides is 1. The van der Waals surface area contributed by atoms with Gasteiger partial charge in [-0.2, -0.15) is 5.10 Å². The van der Waals surface area contributed by atoms with Crippen LogP contribution in [0.25, 0.3) is 0 Å². The summed E-state index contributed by atoms with van der Waals surface area (Å²) in [7, 11) is 0. The van der Waals surface area contributed by atoms with Crippen molar-refractivity contribution in [1.82, 2.24) is 10.2 Å². The number of thioether (sulfide) groups is 1. The van der Waals surface area contributed by atoms with Gasteiger partial charge in [-0.3, -0.25) is 9.89 Å². The third-order valence-corrected chi connectivity index (χ3v) is 4.39. The van der Waals surface area contributed by atoms with E-state index in [0.717, 1.165) is 4.90 Å². The van der Waals surface area contributed by atoms with Crippen LogP contribution in [0.1, 0.15) is 30.8 Å². The van der Waals surface area contributed by atoms with Crippen molar-refractivity contribution in [2.24, 2.45) is 0 Å². The van der Waals surface area contributed by atoms with Crippen LogP contribution in [-0.4, -0.2) is 33.9 Å². The van der Waals surface area contributed by atoms with Gasteiger partial charge in [-0.15, -0.1) is 11.8 Å². The molecule has 0 aliphatic rings. The molecule has 0 radical (unpaired) electrons. The molecule has 1 atom stereocenters. The van der Waals surface area contributed by atoms with Crippen LogP contribution in [0.4, 0.5) is 5.82 Å².